The number of imide groups is 1. The zero-order chi connectivity index (χ0) is 13.6. The van der Waals surface area contributed by atoms with Crippen LogP contribution >= 0.6 is 0 Å². The van der Waals surface area contributed by atoms with E-state index in [0.717, 1.165) is 31.6 Å². The molecule has 2 fully saturated rings. The van der Waals surface area contributed by atoms with E-state index in [9.17, 15) is 9.59 Å². The highest BCUT2D eigenvalue weighted by molar-refractivity contribution is 5.99. The Kier molecular flexibility index (Phi) is 3.28. The van der Waals surface area contributed by atoms with Crippen LogP contribution in [-0.4, -0.2) is 11.8 Å². The molecule has 0 radical (unpaired) electrons. The third kappa shape index (κ3) is 2.32. The summed E-state index contributed by atoms with van der Waals surface area (Å²) >= 11 is 0. The van der Waals surface area contributed by atoms with Crippen molar-refractivity contribution in [3.8, 4) is 0 Å². The number of carbonyl (C=O) groups excluding carboxylic acids is 2. The number of hydrogen-bond acceptors (Lipinski definition) is 2. The number of rotatable bonds is 0. The molecular weight excluding hydrogens is 226 g/mol. The third-order valence-corrected chi connectivity index (χ3v) is 5.29. The SMILES string of the molecule is CC1C(=O)NC(=O)CC12CCC(C(C)(C)C)CC2. The molecule has 1 atom stereocenters. The summed E-state index contributed by atoms with van der Waals surface area (Å²) in [7, 11) is 0. The molecule has 2 amide bonds. The van der Waals surface area contributed by atoms with Crippen LogP contribution < -0.4 is 5.32 Å². The Bertz CT molecular complexity index is 359. The molecule has 1 aliphatic heterocycles. The molecule has 1 heterocycles. The molecular formula is C15H25NO2. The summed E-state index contributed by atoms with van der Waals surface area (Å²) < 4.78 is 0. The molecule has 0 aromatic carbocycles. The van der Waals surface area contributed by atoms with E-state index in [1.54, 1.807) is 0 Å². The van der Waals surface area contributed by atoms with Gasteiger partial charge < -0.3 is 0 Å². The Balaban J connectivity index is 2.11. The smallest absolute Gasteiger partial charge is 0.229 e. The minimum Gasteiger partial charge on any atom is -0.296 e. The molecule has 1 N–H and O–H groups in total. The summed E-state index contributed by atoms with van der Waals surface area (Å²) in [6.07, 6.45) is 4.88. The quantitative estimate of drug-likeness (QED) is 0.673. The van der Waals surface area contributed by atoms with Crippen molar-refractivity contribution in [3.05, 3.63) is 0 Å². The number of hydrogen-bond donors (Lipinski definition) is 1. The molecule has 1 saturated heterocycles. The Morgan fingerprint density at radius 2 is 1.72 bits per heavy atom. The van der Waals surface area contributed by atoms with Crippen molar-refractivity contribution < 1.29 is 9.59 Å². The predicted molar refractivity (Wildman–Crippen MR) is 70.8 cm³/mol. The van der Waals surface area contributed by atoms with Gasteiger partial charge in [0.05, 0.1) is 0 Å². The van der Waals surface area contributed by atoms with Crippen LogP contribution in [0.25, 0.3) is 0 Å². The van der Waals surface area contributed by atoms with E-state index < -0.39 is 0 Å². The maximum Gasteiger partial charge on any atom is 0.229 e. The van der Waals surface area contributed by atoms with Crippen LogP contribution in [0, 0.1) is 22.7 Å². The van der Waals surface area contributed by atoms with Gasteiger partial charge in [0, 0.05) is 12.3 Å². The van der Waals surface area contributed by atoms with Crippen molar-refractivity contribution in [3.63, 3.8) is 0 Å². The maximum absolute atomic E-state index is 11.8. The largest absolute Gasteiger partial charge is 0.296 e. The highest BCUT2D eigenvalue weighted by atomic mass is 16.2. The van der Waals surface area contributed by atoms with Gasteiger partial charge in [-0.25, -0.2) is 0 Å². The van der Waals surface area contributed by atoms with Gasteiger partial charge in [0.15, 0.2) is 0 Å². The van der Waals surface area contributed by atoms with Gasteiger partial charge in [0.2, 0.25) is 11.8 Å². The first-order valence-corrected chi connectivity index (χ1v) is 7.08. The lowest BCUT2D eigenvalue weighted by molar-refractivity contribution is -0.145. The number of piperidine rings is 1. The fourth-order valence-corrected chi connectivity index (χ4v) is 3.71. The van der Waals surface area contributed by atoms with Crippen LogP contribution in [0.1, 0.15) is 59.8 Å². The molecule has 2 rings (SSSR count). The Morgan fingerprint density at radius 3 is 2.22 bits per heavy atom. The Labute approximate surface area is 110 Å². The monoisotopic (exact) mass is 251 g/mol. The lowest BCUT2D eigenvalue weighted by Gasteiger charge is -2.48. The molecule has 3 heteroatoms. The molecule has 1 saturated carbocycles. The lowest BCUT2D eigenvalue weighted by atomic mass is 9.58. The number of carbonyl (C=O) groups is 2. The van der Waals surface area contributed by atoms with Gasteiger partial charge in [-0.3, -0.25) is 14.9 Å². The topological polar surface area (TPSA) is 46.2 Å². The molecule has 2 aliphatic rings. The first kappa shape index (κ1) is 13.6. The van der Waals surface area contributed by atoms with E-state index in [4.69, 9.17) is 0 Å². The zero-order valence-electron chi connectivity index (χ0n) is 12.0. The summed E-state index contributed by atoms with van der Waals surface area (Å²) in [6.45, 7) is 8.85. The van der Waals surface area contributed by atoms with E-state index in [1.165, 1.54) is 0 Å². The average molecular weight is 251 g/mol. The minimum atomic E-state index is -0.0766. The molecule has 1 unspecified atom stereocenters. The standard InChI is InChI=1S/C15H25NO2/c1-10-13(18)16-12(17)9-15(10)7-5-11(6-8-15)14(2,3)4/h10-11H,5-9H2,1-4H3,(H,16,17,18). The summed E-state index contributed by atoms with van der Waals surface area (Å²) in [6, 6.07) is 0. The van der Waals surface area contributed by atoms with E-state index in [0.29, 0.717) is 11.8 Å². The van der Waals surface area contributed by atoms with Crippen molar-refractivity contribution >= 4 is 11.8 Å². The van der Waals surface area contributed by atoms with Gasteiger partial charge in [-0.2, -0.15) is 0 Å². The van der Waals surface area contributed by atoms with Gasteiger partial charge >= 0.3 is 0 Å². The Hall–Kier alpha value is -0.860. The summed E-state index contributed by atoms with van der Waals surface area (Å²) in [4.78, 5) is 23.5. The number of amides is 2. The van der Waals surface area contributed by atoms with Gasteiger partial charge in [-0.05, 0) is 42.4 Å². The summed E-state index contributed by atoms with van der Waals surface area (Å²) in [5, 5.41) is 2.46. The maximum atomic E-state index is 11.8. The second kappa shape index (κ2) is 4.36. The van der Waals surface area contributed by atoms with Gasteiger partial charge in [0.25, 0.3) is 0 Å². The predicted octanol–water partition coefficient (Wildman–Crippen LogP) is 2.89. The van der Waals surface area contributed by atoms with Crippen molar-refractivity contribution in [1.29, 1.82) is 0 Å². The molecule has 0 aromatic heterocycles. The van der Waals surface area contributed by atoms with Crippen molar-refractivity contribution in [1.82, 2.24) is 5.32 Å². The van der Waals surface area contributed by atoms with Crippen molar-refractivity contribution in [2.24, 2.45) is 22.7 Å². The molecule has 1 spiro atoms. The second-order valence-corrected chi connectivity index (χ2v) is 7.31. The van der Waals surface area contributed by atoms with E-state index in [-0.39, 0.29) is 23.1 Å². The summed E-state index contributed by atoms with van der Waals surface area (Å²) in [5.41, 5.74) is 0.285. The summed E-state index contributed by atoms with van der Waals surface area (Å²) in [5.74, 6) is 0.555. The van der Waals surface area contributed by atoms with Gasteiger partial charge in [0.1, 0.15) is 0 Å². The van der Waals surface area contributed by atoms with Crippen molar-refractivity contribution in [2.45, 2.75) is 59.8 Å². The normalized spacial score (nSPS) is 37.8. The van der Waals surface area contributed by atoms with Crippen LogP contribution in [0.2, 0.25) is 0 Å². The minimum absolute atomic E-state index is 0.0175. The fraction of sp³-hybridized carbons (Fsp3) is 0.867. The highest BCUT2D eigenvalue weighted by Gasteiger charge is 2.48. The van der Waals surface area contributed by atoms with E-state index >= 15 is 0 Å². The fourth-order valence-electron chi connectivity index (χ4n) is 3.71. The van der Waals surface area contributed by atoms with E-state index in [2.05, 4.69) is 26.1 Å². The molecule has 0 bridgehead atoms. The van der Waals surface area contributed by atoms with E-state index in [1.807, 2.05) is 6.92 Å². The van der Waals surface area contributed by atoms with Crippen LogP contribution in [0.4, 0.5) is 0 Å². The van der Waals surface area contributed by atoms with Crippen molar-refractivity contribution in [2.75, 3.05) is 0 Å². The molecule has 0 aromatic rings. The molecule has 18 heavy (non-hydrogen) atoms. The molecule has 102 valence electrons. The first-order valence-electron chi connectivity index (χ1n) is 7.08. The zero-order valence-corrected chi connectivity index (χ0v) is 12.0. The van der Waals surface area contributed by atoms with Crippen LogP contribution in [-0.2, 0) is 9.59 Å². The third-order valence-electron chi connectivity index (χ3n) is 5.29. The van der Waals surface area contributed by atoms with Crippen LogP contribution in [0.3, 0.4) is 0 Å². The molecule has 1 aliphatic carbocycles. The van der Waals surface area contributed by atoms with Gasteiger partial charge in [-0.1, -0.05) is 27.7 Å². The lowest BCUT2D eigenvalue weighted by Crippen LogP contribution is -2.52. The van der Waals surface area contributed by atoms with Crippen LogP contribution in [0.5, 0.6) is 0 Å². The second-order valence-electron chi connectivity index (χ2n) is 7.31. The highest BCUT2D eigenvalue weighted by Crippen LogP contribution is 2.51. The molecule has 3 nitrogen and oxygen atoms in total. The van der Waals surface area contributed by atoms with Gasteiger partial charge in [-0.15, -0.1) is 0 Å². The average Bonchev–Trinajstić information content (AvgIpc) is 2.25. The Morgan fingerprint density at radius 1 is 1.17 bits per heavy atom. The first-order chi connectivity index (χ1) is 8.24. The van der Waals surface area contributed by atoms with Crippen LogP contribution in [0.15, 0.2) is 0 Å². The number of nitrogens with one attached hydrogen (secondary N) is 1.